The molecule has 0 spiro atoms. The molecule has 0 aliphatic carbocycles. The minimum atomic E-state index is -2.99. The molecule has 26 heavy (non-hydrogen) atoms. The fraction of sp³-hybridized carbons (Fsp3) is 0.294. The number of nitrogens with zero attached hydrogens (tertiary/aromatic N) is 2. The maximum Gasteiger partial charge on any atom is 0.388 e. The molecule has 0 amide bonds. The van der Waals surface area contributed by atoms with Crippen LogP contribution >= 0.6 is 46.0 Å². The van der Waals surface area contributed by atoms with Crippen molar-refractivity contribution in [3.8, 4) is 17.1 Å². The summed E-state index contributed by atoms with van der Waals surface area (Å²) in [5, 5.41) is 4.83. The van der Waals surface area contributed by atoms with E-state index in [1.165, 1.54) is 11.7 Å². The van der Waals surface area contributed by atoms with Gasteiger partial charge in [-0.15, -0.1) is 0 Å². The third-order valence-electron chi connectivity index (χ3n) is 3.59. The van der Waals surface area contributed by atoms with E-state index in [1.807, 2.05) is 19.1 Å². The predicted octanol–water partition coefficient (Wildman–Crippen LogP) is 6.71. The van der Waals surface area contributed by atoms with Crippen molar-refractivity contribution in [2.45, 2.75) is 13.5 Å². The van der Waals surface area contributed by atoms with Crippen LogP contribution in [0.3, 0.4) is 0 Å². The standard InChI is InChI=1S/C17H18BrCl2F2N2OP/c1-9-6-12(19)10(8-13(18)26(3,4)5)7-11(9)15-14(20)16(24(2)23-15)25-17(21)22/h6-8,17H,3H2,1-2,4-5H3/b13-8+. The number of aryl methyl sites for hydroxylation is 2. The van der Waals surface area contributed by atoms with Crippen LogP contribution in [0.1, 0.15) is 11.1 Å². The van der Waals surface area contributed by atoms with Gasteiger partial charge in [0, 0.05) is 21.9 Å². The number of hydrogen-bond acceptors (Lipinski definition) is 2. The van der Waals surface area contributed by atoms with E-state index < -0.39 is 13.5 Å². The first kappa shape index (κ1) is 21.5. The van der Waals surface area contributed by atoms with Crippen LogP contribution in [0.2, 0.25) is 10.0 Å². The van der Waals surface area contributed by atoms with Gasteiger partial charge in [0.25, 0.3) is 0 Å². The molecule has 0 unspecified atom stereocenters. The van der Waals surface area contributed by atoms with E-state index in [9.17, 15) is 8.78 Å². The molecule has 1 heterocycles. The zero-order valence-electron chi connectivity index (χ0n) is 14.7. The largest absolute Gasteiger partial charge is 0.416 e. The first-order valence-electron chi connectivity index (χ1n) is 7.45. The molecule has 0 radical (unpaired) electrons. The van der Waals surface area contributed by atoms with Gasteiger partial charge in [-0.3, -0.25) is 0 Å². The van der Waals surface area contributed by atoms with Crippen molar-refractivity contribution in [1.82, 2.24) is 9.78 Å². The quantitative estimate of drug-likeness (QED) is 0.440. The Hall–Kier alpha value is -0.810. The molecule has 0 N–H and O–H groups in total. The Balaban J connectivity index is 2.62. The van der Waals surface area contributed by atoms with E-state index in [-0.39, 0.29) is 10.9 Å². The van der Waals surface area contributed by atoms with Crippen LogP contribution in [-0.2, 0) is 7.05 Å². The van der Waals surface area contributed by atoms with Gasteiger partial charge in [-0.2, -0.15) is 13.9 Å². The maximum absolute atomic E-state index is 12.6. The molecule has 0 saturated heterocycles. The number of rotatable bonds is 5. The Kier molecular flexibility index (Phi) is 6.66. The van der Waals surface area contributed by atoms with Gasteiger partial charge >= 0.3 is 6.61 Å². The SMILES string of the molecule is C=P(C)(C)/C(Br)=C/c1cc(-c2nn(C)c(OC(F)F)c2Cl)c(C)cc1Cl. The molecule has 1 aromatic heterocycles. The second kappa shape index (κ2) is 8.05. The van der Waals surface area contributed by atoms with Gasteiger partial charge in [-0.25, -0.2) is 4.68 Å². The Morgan fingerprint density at radius 2 is 2.00 bits per heavy atom. The molecule has 0 aliphatic heterocycles. The van der Waals surface area contributed by atoms with Crippen LogP contribution in [0, 0.1) is 6.92 Å². The summed E-state index contributed by atoms with van der Waals surface area (Å²) in [5.41, 5.74) is 2.61. The van der Waals surface area contributed by atoms with Crippen molar-refractivity contribution in [1.29, 1.82) is 0 Å². The monoisotopic (exact) mass is 484 g/mol. The Labute approximate surface area is 170 Å². The zero-order chi connectivity index (χ0) is 19.8. The first-order valence-corrected chi connectivity index (χ1v) is 11.9. The minimum Gasteiger partial charge on any atom is -0.416 e. The average Bonchev–Trinajstić information content (AvgIpc) is 2.76. The molecule has 3 nitrogen and oxygen atoms in total. The van der Waals surface area contributed by atoms with E-state index in [0.717, 1.165) is 15.4 Å². The average molecular weight is 486 g/mol. The van der Waals surface area contributed by atoms with Gasteiger partial charge in [-0.05, 0) is 49.6 Å². The summed E-state index contributed by atoms with van der Waals surface area (Å²) in [6.07, 6.45) is 6.10. The van der Waals surface area contributed by atoms with Crippen LogP contribution in [0.4, 0.5) is 8.78 Å². The Bertz CT molecular complexity index is 922. The summed E-state index contributed by atoms with van der Waals surface area (Å²) in [6, 6.07) is 3.62. The van der Waals surface area contributed by atoms with Gasteiger partial charge in [-0.1, -0.05) is 52.3 Å². The molecule has 2 rings (SSSR count). The summed E-state index contributed by atoms with van der Waals surface area (Å²) < 4.78 is 31.8. The van der Waals surface area contributed by atoms with Crippen LogP contribution in [0.5, 0.6) is 5.88 Å². The fourth-order valence-corrected chi connectivity index (χ4v) is 3.54. The molecule has 1 aromatic carbocycles. The highest BCUT2D eigenvalue weighted by atomic mass is 79.9. The van der Waals surface area contributed by atoms with E-state index in [4.69, 9.17) is 23.2 Å². The molecule has 9 heteroatoms. The van der Waals surface area contributed by atoms with E-state index >= 15 is 0 Å². The molecule has 0 saturated carbocycles. The zero-order valence-corrected chi connectivity index (χ0v) is 18.6. The smallest absolute Gasteiger partial charge is 0.388 e. The summed E-state index contributed by atoms with van der Waals surface area (Å²) >= 11 is 16.2. The lowest BCUT2D eigenvalue weighted by molar-refractivity contribution is -0.0552. The van der Waals surface area contributed by atoms with E-state index in [2.05, 4.69) is 45.4 Å². The highest BCUT2D eigenvalue weighted by molar-refractivity contribution is 9.13. The second-order valence-electron chi connectivity index (χ2n) is 6.31. The first-order chi connectivity index (χ1) is 11.9. The highest BCUT2D eigenvalue weighted by Crippen LogP contribution is 2.50. The van der Waals surface area contributed by atoms with E-state index in [1.54, 1.807) is 6.07 Å². The minimum absolute atomic E-state index is 0.0252. The van der Waals surface area contributed by atoms with Gasteiger partial charge in [0.2, 0.25) is 5.88 Å². The summed E-state index contributed by atoms with van der Waals surface area (Å²) in [6.45, 7) is 1.50. The van der Waals surface area contributed by atoms with Crippen molar-refractivity contribution in [2.75, 3.05) is 13.3 Å². The van der Waals surface area contributed by atoms with Crippen molar-refractivity contribution in [2.24, 2.45) is 7.05 Å². The molecular weight excluding hydrogens is 468 g/mol. The topological polar surface area (TPSA) is 27.1 Å². The number of halogens is 5. The molecule has 142 valence electrons. The van der Waals surface area contributed by atoms with Gasteiger partial charge in [0.05, 0.1) is 0 Å². The third kappa shape index (κ3) is 4.72. The van der Waals surface area contributed by atoms with Crippen LogP contribution in [0.15, 0.2) is 16.4 Å². The second-order valence-corrected chi connectivity index (χ2v) is 12.4. The lowest BCUT2D eigenvalue weighted by atomic mass is 10.0. The number of ether oxygens (including phenoxy) is 1. The van der Waals surface area contributed by atoms with Crippen molar-refractivity contribution < 1.29 is 13.5 Å². The van der Waals surface area contributed by atoms with Crippen LogP contribution in [0.25, 0.3) is 17.3 Å². The molecular formula is C17H18BrCl2F2N2OP. The number of aromatic nitrogens is 2. The number of hydrogen-bond donors (Lipinski definition) is 0. The normalized spacial score (nSPS) is 12.8. The van der Waals surface area contributed by atoms with Gasteiger partial charge < -0.3 is 4.74 Å². The maximum atomic E-state index is 12.6. The van der Waals surface area contributed by atoms with Crippen molar-refractivity contribution >= 4 is 58.4 Å². The third-order valence-corrected chi connectivity index (χ3v) is 8.65. The van der Waals surface area contributed by atoms with Crippen molar-refractivity contribution in [3.05, 3.63) is 37.5 Å². The fourth-order valence-electron chi connectivity index (χ4n) is 2.23. The predicted molar refractivity (Wildman–Crippen MR) is 113 cm³/mol. The Morgan fingerprint density at radius 3 is 2.54 bits per heavy atom. The molecule has 0 fully saturated rings. The molecule has 2 aromatic rings. The lowest BCUT2D eigenvalue weighted by Gasteiger charge is -2.13. The molecule has 0 atom stereocenters. The van der Waals surface area contributed by atoms with Crippen LogP contribution < -0.4 is 4.74 Å². The summed E-state index contributed by atoms with van der Waals surface area (Å²) in [5.74, 6) is -0.186. The van der Waals surface area contributed by atoms with E-state index in [0.29, 0.717) is 16.3 Å². The highest BCUT2D eigenvalue weighted by Gasteiger charge is 2.22. The Morgan fingerprint density at radius 1 is 1.38 bits per heavy atom. The van der Waals surface area contributed by atoms with Gasteiger partial charge in [0.1, 0.15) is 10.7 Å². The van der Waals surface area contributed by atoms with Crippen LogP contribution in [-0.4, -0.2) is 36.0 Å². The van der Waals surface area contributed by atoms with Gasteiger partial charge in [0.15, 0.2) is 0 Å². The molecule has 0 bridgehead atoms. The molecule has 0 aliphatic rings. The number of alkyl halides is 2. The summed E-state index contributed by atoms with van der Waals surface area (Å²) in [7, 11) is 1.49. The van der Waals surface area contributed by atoms with Crippen molar-refractivity contribution in [3.63, 3.8) is 0 Å². The lowest BCUT2D eigenvalue weighted by Crippen LogP contribution is -2.06. The summed E-state index contributed by atoms with van der Waals surface area (Å²) in [4.78, 5) is 0. The number of benzene rings is 1.